The normalized spacial score (nSPS) is 13.6. The highest BCUT2D eigenvalue weighted by Gasteiger charge is 2.16. The van der Waals surface area contributed by atoms with E-state index >= 15 is 0 Å². The zero-order valence-corrected chi connectivity index (χ0v) is 7.91. The van der Waals surface area contributed by atoms with E-state index in [2.05, 4.69) is 0 Å². The highest BCUT2D eigenvalue weighted by Crippen LogP contribution is 1.98. The van der Waals surface area contributed by atoms with Gasteiger partial charge in [0.1, 0.15) is 12.2 Å². The number of carboxylic acids is 1. The second-order valence-corrected chi connectivity index (χ2v) is 2.01. The Labute approximate surface area is 82.3 Å². The van der Waals surface area contributed by atoms with Crippen LogP contribution in [0.4, 0.5) is 4.39 Å². The van der Waals surface area contributed by atoms with Crippen LogP contribution in [0, 0.1) is 0 Å². The maximum Gasteiger partial charge on any atom is 0.320 e. The highest BCUT2D eigenvalue weighted by atomic mass is 35.5. The molecule has 0 bridgehead atoms. The van der Waals surface area contributed by atoms with Gasteiger partial charge in [-0.2, -0.15) is 0 Å². The van der Waals surface area contributed by atoms with E-state index in [1.54, 1.807) is 0 Å². The first kappa shape index (κ1) is 17.8. The summed E-state index contributed by atoms with van der Waals surface area (Å²) in [6, 6.07) is -1.14. The summed E-state index contributed by atoms with van der Waals surface area (Å²) in [5, 5.41) is 8.19. The second-order valence-electron chi connectivity index (χ2n) is 2.01. The first-order chi connectivity index (χ1) is 4.57. The van der Waals surface area contributed by atoms with E-state index in [4.69, 9.17) is 16.6 Å². The van der Waals surface area contributed by atoms with Crippen molar-refractivity contribution in [1.82, 2.24) is 0 Å². The third kappa shape index (κ3) is 8.00. The van der Waals surface area contributed by atoms with Crippen LogP contribution in [0.15, 0.2) is 0 Å². The zero-order valence-electron chi connectivity index (χ0n) is 6.27. The lowest BCUT2D eigenvalue weighted by molar-refractivity contribution is -0.139. The standard InChI is InChI=1S/C5H11FN2O2.2ClH/c6-3(2-7)1-4(8)5(9)10;;/h3-4H,1-2,7-8H2,(H,9,10);2*1H/t3?,4-;;/m0../s1. The molecule has 7 heteroatoms. The fourth-order valence-corrected chi connectivity index (χ4v) is 0.473. The van der Waals surface area contributed by atoms with E-state index in [-0.39, 0.29) is 37.8 Å². The fourth-order valence-electron chi connectivity index (χ4n) is 0.473. The molecule has 1 unspecified atom stereocenters. The lowest BCUT2D eigenvalue weighted by atomic mass is 10.1. The van der Waals surface area contributed by atoms with Crippen LogP contribution in [0.5, 0.6) is 0 Å². The van der Waals surface area contributed by atoms with E-state index in [1.165, 1.54) is 0 Å². The minimum Gasteiger partial charge on any atom is -0.480 e. The van der Waals surface area contributed by atoms with Crippen molar-refractivity contribution < 1.29 is 14.3 Å². The van der Waals surface area contributed by atoms with Crippen molar-refractivity contribution in [2.24, 2.45) is 11.5 Å². The van der Waals surface area contributed by atoms with Gasteiger partial charge in [-0.15, -0.1) is 24.8 Å². The van der Waals surface area contributed by atoms with Crippen LogP contribution in [0.1, 0.15) is 6.42 Å². The molecule has 0 heterocycles. The molecule has 0 radical (unpaired) electrons. The molecule has 0 saturated carbocycles. The maximum absolute atomic E-state index is 12.3. The third-order valence-electron chi connectivity index (χ3n) is 1.08. The summed E-state index contributed by atoms with van der Waals surface area (Å²) in [4.78, 5) is 10.0. The van der Waals surface area contributed by atoms with Gasteiger partial charge in [-0.3, -0.25) is 4.79 Å². The van der Waals surface area contributed by atoms with E-state index < -0.39 is 18.2 Å². The van der Waals surface area contributed by atoms with Crippen molar-refractivity contribution in [3.05, 3.63) is 0 Å². The minimum absolute atomic E-state index is 0. The molecule has 0 amide bonds. The number of carbonyl (C=O) groups is 1. The lowest BCUT2D eigenvalue weighted by Crippen LogP contribution is -2.34. The summed E-state index contributed by atoms with van der Waals surface area (Å²) in [5.41, 5.74) is 9.89. The number of halogens is 3. The number of rotatable bonds is 4. The van der Waals surface area contributed by atoms with Gasteiger partial charge in [-0.25, -0.2) is 4.39 Å². The van der Waals surface area contributed by atoms with E-state index in [0.29, 0.717) is 0 Å². The summed E-state index contributed by atoms with van der Waals surface area (Å²) in [7, 11) is 0. The fraction of sp³-hybridized carbons (Fsp3) is 0.800. The van der Waals surface area contributed by atoms with Crippen LogP contribution < -0.4 is 11.5 Å². The Hall–Kier alpha value is -0.100. The number of nitrogens with two attached hydrogens (primary N) is 2. The Morgan fingerprint density at radius 2 is 1.92 bits per heavy atom. The molecule has 0 fully saturated rings. The molecular formula is C5H13Cl2FN2O2. The molecule has 0 aromatic carbocycles. The Balaban J connectivity index is -0.000000405. The largest absolute Gasteiger partial charge is 0.480 e. The Morgan fingerprint density at radius 3 is 2.17 bits per heavy atom. The number of aliphatic carboxylic acids is 1. The summed E-state index contributed by atoms with van der Waals surface area (Å²) in [6.07, 6.45) is -1.53. The van der Waals surface area contributed by atoms with Crippen molar-refractivity contribution in [2.45, 2.75) is 18.6 Å². The maximum atomic E-state index is 12.3. The first-order valence-corrected chi connectivity index (χ1v) is 2.90. The Bertz CT molecular complexity index is 128. The molecule has 0 aliphatic carbocycles. The zero-order chi connectivity index (χ0) is 8.15. The van der Waals surface area contributed by atoms with Gasteiger partial charge >= 0.3 is 5.97 Å². The molecule has 5 N–H and O–H groups in total. The van der Waals surface area contributed by atoms with Crippen LogP contribution in [0.25, 0.3) is 0 Å². The smallest absolute Gasteiger partial charge is 0.320 e. The molecule has 2 atom stereocenters. The minimum atomic E-state index is -1.31. The van der Waals surface area contributed by atoms with Crippen LogP contribution in [0.2, 0.25) is 0 Å². The molecule has 4 nitrogen and oxygen atoms in total. The summed E-state index contributed by atoms with van der Waals surface area (Å²) >= 11 is 0. The first-order valence-electron chi connectivity index (χ1n) is 2.90. The van der Waals surface area contributed by atoms with Gasteiger partial charge in [-0.1, -0.05) is 0 Å². The topological polar surface area (TPSA) is 89.3 Å². The van der Waals surface area contributed by atoms with Crippen molar-refractivity contribution >= 4 is 30.8 Å². The van der Waals surface area contributed by atoms with Crippen molar-refractivity contribution in [1.29, 1.82) is 0 Å². The van der Waals surface area contributed by atoms with Gasteiger partial charge in [0.25, 0.3) is 0 Å². The number of hydrogen-bond acceptors (Lipinski definition) is 3. The number of carboxylic acid groups (broad SMARTS) is 1. The average molecular weight is 223 g/mol. The quantitative estimate of drug-likeness (QED) is 0.622. The van der Waals surface area contributed by atoms with Gasteiger partial charge in [0.05, 0.1) is 0 Å². The molecule has 76 valence electrons. The molecule has 0 saturated heterocycles. The predicted molar refractivity (Wildman–Crippen MR) is 48.7 cm³/mol. The van der Waals surface area contributed by atoms with E-state index in [0.717, 1.165) is 0 Å². The van der Waals surface area contributed by atoms with Crippen LogP contribution in [-0.2, 0) is 4.79 Å². The van der Waals surface area contributed by atoms with E-state index in [1.807, 2.05) is 0 Å². The average Bonchev–Trinajstić information content (AvgIpc) is 1.87. The molecule has 12 heavy (non-hydrogen) atoms. The summed E-state index contributed by atoms with van der Waals surface area (Å²) in [6.45, 7) is -0.180. The molecule has 0 spiro atoms. The van der Waals surface area contributed by atoms with Gasteiger partial charge in [0.2, 0.25) is 0 Å². The Kier molecular flexibility index (Phi) is 13.4. The van der Waals surface area contributed by atoms with Crippen molar-refractivity contribution in [3.8, 4) is 0 Å². The number of alkyl halides is 1. The Morgan fingerprint density at radius 1 is 1.50 bits per heavy atom. The van der Waals surface area contributed by atoms with Gasteiger partial charge in [0, 0.05) is 13.0 Å². The molecule has 0 aliphatic heterocycles. The summed E-state index contributed by atoms with van der Waals surface area (Å²) in [5.74, 6) is -1.20. The molecule has 0 aliphatic rings. The van der Waals surface area contributed by atoms with E-state index in [9.17, 15) is 9.18 Å². The molecule has 0 rings (SSSR count). The molecule has 0 aromatic heterocycles. The number of hydrogen-bond donors (Lipinski definition) is 3. The van der Waals surface area contributed by atoms with Crippen LogP contribution in [0.3, 0.4) is 0 Å². The highest BCUT2D eigenvalue weighted by molar-refractivity contribution is 5.85. The second kappa shape index (κ2) is 8.99. The monoisotopic (exact) mass is 222 g/mol. The molecule has 0 aromatic rings. The van der Waals surface area contributed by atoms with Crippen molar-refractivity contribution in [2.75, 3.05) is 6.54 Å². The predicted octanol–water partition coefficient (Wildman–Crippen LogP) is -0.0712. The van der Waals surface area contributed by atoms with Crippen LogP contribution >= 0.6 is 24.8 Å². The lowest BCUT2D eigenvalue weighted by Gasteiger charge is -2.07. The molecular weight excluding hydrogens is 210 g/mol. The third-order valence-corrected chi connectivity index (χ3v) is 1.08. The van der Waals surface area contributed by atoms with Gasteiger partial charge in [0.15, 0.2) is 0 Å². The summed E-state index contributed by atoms with van der Waals surface area (Å²) < 4.78 is 12.3. The van der Waals surface area contributed by atoms with Gasteiger partial charge in [-0.05, 0) is 0 Å². The SMILES string of the molecule is Cl.Cl.NCC(F)C[C@H](N)C(=O)O. The van der Waals surface area contributed by atoms with Crippen molar-refractivity contribution in [3.63, 3.8) is 0 Å². The van der Waals surface area contributed by atoms with Gasteiger partial charge < -0.3 is 16.6 Å². The van der Waals surface area contributed by atoms with Crippen LogP contribution in [-0.4, -0.2) is 29.8 Å².